The summed E-state index contributed by atoms with van der Waals surface area (Å²) in [7, 11) is 0. The zero-order valence-corrected chi connectivity index (χ0v) is 13.0. The number of hydrogen-bond acceptors (Lipinski definition) is 3. The summed E-state index contributed by atoms with van der Waals surface area (Å²) in [6.45, 7) is 5.93. The van der Waals surface area contributed by atoms with Crippen LogP contribution in [0, 0.1) is 13.8 Å². The summed E-state index contributed by atoms with van der Waals surface area (Å²) in [5.41, 5.74) is 3.72. The monoisotopic (exact) mass is 299 g/mol. The van der Waals surface area contributed by atoms with Crippen LogP contribution in [0.1, 0.15) is 39.7 Å². The molecule has 0 saturated carbocycles. The first-order chi connectivity index (χ1) is 10.0. The first-order valence-corrected chi connectivity index (χ1v) is 7.74. The van der Waals surface area contributed by atoms with Crippen molar-refractivity contribution in [2.75, 3.05) is 0 Å². The van der Waals surface area contributed by atoms with Gasteiger partial charge in [0, 0.05) is 22.0 Å². The summed E-state index contributed by atoms with van der Waals surface area (Å²) >= 11 is 1.57. The second-order valence-corrected chi connectivity index (χ2v) is 6.13. The number of H-pyrrole nitrogens is 1. The van der Waals surface area contributed by atoms with Crippen molar-refractivity contribution >= 4 is 28.1 Å². The van der Waals surface area contributed by atoms with Crippen LogP contribution < -0.4 is 5.32 Å². The van der Waals surface area contributed by atoms with E-state index < -0.39 is 0 Å². The molecule has 1 atom stereocenters. The first-order valence-electron chi connectivity index (χ1n) is 6.86. The number of fused-ring (bicyclic) bond motifs is 1. The average Bonchev–Trinajstić information content (AvgIpc) is 3.05. The standard InChI is InChI=1S/C16H17N3OS/c1-9-5-4-6-12-7-13(19-14(9)12)15(20)18-11(3)16-17-10(2)8-21-16/h4-8,11,19H,1-3H3,(H,18,20). The Kier molecular flexibility index (Phi) is 3.51. The molecule has 0 radical (unpaired) electrons. The third kappa shape index (κ3) is 2.69. The molecule has 0 aliphatic carbocycles. The fourth-order valence-electron chi connectivity index (χ4n) is 2.34. The smallest absolute Gasteiger partial charge is 0.268 e. The van der Waals surface area contributed by atoms with E-state index in [4.69, 9.17) is 0 Å². The predicted octanol–water partition coefficient (Wildman–Crippen LogP) is 3.73. The zero-order chi connectivity index (χ0) is 15.0. The van der Waals surface area contributed by atoms with Gasteiger partial charge >= 0.3 is 0 Å². The summed E-state index contributed by atoms with van der Waals surface area (Å²) in [5.74, 6) is -0.106. The highest BCUT2D eigenvalue weighted by atomic mass is 32.1. The fraction of sp³-hybridized carbons (Fsp3) is 0.250. The second kappa shape index (κ2) is 5.33. The van der Waals surface area contributed by atoms with Gasteiger partial charge in [-0.1, -0.05) is 18.2 Å². The lowest BCUT2D eigenvalue weighted by Gasteiger charge is -2.10. The normalized spacial score (nSPS) is 12.5. The van der Waals surface area contributed by atoms with Crippen molar-refractivity contribution in [2.24, 2.45) is 0 Å². The molecule has 1 aromatic carbocycles. The molecule has 3 rings (SSSR count). The quantitative estimate of drug-likeness (QED) is 0.774. The Morgan fingerprint density at radius 2 is 2.19 bits per heavy atom. The molecule has 1 amide bonds. The maximum atomic E-state index is 12.4. The molecule has 4 nitrogen and oxygen atoms in total. The van der Waals surface area contributed by atoms with Gasteiger partial charge in [0.25, 0.3) is 5.91 Å². The van der Waals surface area contributed by atoms with Crippen LogP contribution in [-0.2, 0) is 0 Å². The number of amides is 1. The molecule has 0 aliphatic heterocycles. The number of carbonyl (C=O) groups is 1. The van der Waals surface area contributed by atoms with E-state index in [1.807, 2.05) is 50.4 Å². The van der Waals surface area contributed by atoms with Crippen molar-refractivity contribution in [1.82, 2.24) is 15.3 Å². The molecule has 0 spiro atoms. The third-order valence-electron chi connectivity index (χ3n) is 3.46. The van der Waals surface area contributed by atoms with Crippen LogP contribution in [0.4, 0.5) is 0 Å². The average molecular weight is 299 g/mol. The van der Waals surface area contributed by atoms with E-state index in [1.165, 1.54) is 0 Å². The molecule has 108 valence electrons. The highest BCUT2D eigenvalue weighted by molar-refractivity contribution is 7.09. The van der Waals surface area contributed by atoms with Gasteiger partial charge in [-0.25, -0.2) is 4.98 Å². The third-order valence-corrected chi connectivity index (χ3v) is 4.61. The van der Waals surface area contributed by atoms with Crippen molar-refractivity contribution in [1.29, 1.82) is 0 Å². The molecule has 0 saturated heterocycles. The molecule has 0 aliphatic rings. The largest absolute Gasteiger partial charge is 0.350 e. The van der Waals surface area contributed by atoms with Crippen LogP contribution in [-0.4, -0.2) is 15.9 Å². The van der Waals surface area contributed by atoms with Crippen LogP contribution in [0.5, 0.6) is 0 Å². The highest BCUT2D eigenvalue weighted by Crippen LogP contribution is 2.21. The van der Waals surface area contributed by atoms with Gasteiger partial charge < -0.3 is 10.3 Å². The van der Waals surface area contributed by atoms with Gasteiger partial charge in [-0.2, -0.15) is 0 Å². The molecule has 2 N–H and O–H groups in total. The van der Waals surface area contributed by atoms with Gasteiger partial charge in [0.15, 0.2) is 0 Å². The van der Waals surface area contributed by atoms with Gasteiger partial charge in [-0.3, -0.25) is 4.79 Å². The molecular weight excluding hydrogens is 282 g/mol. The number of benzene rings is 1. The topological polar surface area (TPSA) is 57.8 Å². The number of rotatable bonds is 3. The van der Waals surface area contributed by atoms with Gasteiger partial charge in [0.05, 0.1) is 6.04 Å². The van der Waals surface area contributed by atoms with E-state index in [1.54, 1.807) is 11.3 Å². The number of aryl methyl sites for hydroxylation is 2. The Hall–Kier alpha value is -2.14. The highest BCUT2D eigenvalue weighted by Gasteiger charge is 2.16. The molecule has 0 fully saturated rings. The van der Waals surface area contributed by atoms with E-state index in [0.29, 0.717) is 5.69 Å². The molecule has 21 heavy (non-hydrogen) atoms. The number of thiazole rings is 1. The minimum atomic E-state index is -0.106. The Morgan fingerprint density at radius 3 is 2.86 bits per heavy atom. The summed E-state index contributed by atoms with van der Waals surface area (Å²) < 4.78 is 0. The van der Waals surface area contributed by atoms with Gasteiger partial charge in [0.2, 0.25) is 0 Å². The minimum absolute atomic E-state index is 0.0938. The van der Waals surface area contributed by atoms with Crippen LogP contribution in [0.15, 0.2) is 29.6 Å². The molecule has 1 unspecified atom stereocenters. The van der Waals surface area contributed by atoms with Crippen molar-refractivity contribution in [2.45, 2.75) is 26.8 Å². The number of carbonyl (C=O) groups excluding carboxylic acids is 1. The van der Waals surface area contributed by atoms with Gasteiger partial charge in [-0.05, 0) is 32.4 Å². The number of hydrogen-bond donors (Lipinski definition) is 2. The van der Waals surface area contributed by atoms with Gasteiger partial charge in [-0.15, -0.1) is 11.3 Å². The SMILES string of the molecule is Cc1csc(C(C)NC(=O)c2cc3cccc(C)c3[nH]2)n1. The molecule has 2 aromatic heterocycles. The number of aromatic nitrogens is 2. The maximum absolute atomic E-state index is 12.4. The molecule has 3 aromatic rings. The summed E-state index contributed by atoms with van der Waals surface area (Å²) in [6.07, 6.45) is 0. The van der Waals surface area contributed by atoms with Gasteiger partial charge in [0.1, 0.15) is 10.7 Å². The summed E-state index contributed by atoms with van der Waals surface area (Å²) in [4.78, 5) is 20.0. The number of nitrogens with one attached hydrogen (secondary N) is 2. The molecule has 0 bridgehead atoms. The lowest BCUT2D eigenvalue weighted by molar-refractivity contribution is 0.0935. The zero-order valence-electron chi connectivity index (χ0n) is 12.2. The minimum Gasteiger partial charge on any atom is -0.350 e. The number of para-hydroxylation sites is 1. The van der Waals surface area contributed by atoms with E-state index in [0.717, 1.165) is 27.2 Å². The lowest BCUT2D eigenvalue weighted by Crippen LogP contribution is -2.26. The Bertz CT molecular complexity index is 803. The van der Waals surface area contributed by atoms with Crippen molar-refractivity contribution in [3.8, 4) is 0 Å². The van der Waals surface area contributed by atoms with Crippen LogP contribution in [0.3, 0.4) is 0 Å². The van der Waals surface area contributed by atoms with Crippen LogP contribution in [0.25, 0.3) is 10.9 Å². The number of aromatic amines is 1. The van der Waals surface area contributed by atoms with Crippen molar-refractivity contribution < 1.29 is 4.79 Å². The fourth-order valence-corrected chi connectivity index (χ4v) is 3.14. The maximum Gasteiger partial charge on any atom is 0.268 e. The Morgan fingerprint density at radius 1 is 1.38 bits per heavy atom. The van der Waals surface area contributed by atoms with Crippen molar-refractivity contribution in [3.05, 3.63) is 51.6 Å². The van der Waals surface area contributed by atoms with E-state index in [9.17, 15) is 4.79 Å². The first kappa shape index (κ1) is 13.8. The second-order valence-electron chi connectivity index (χ2n) is 5.24. The van der Waals surface area contributed by atoms with E-state index >= 15 is 0 Å². The molecular formula is C16H17N3OS. The van der Waals surface area contributed by atoms with E-state index in [-0.39, 0.29) is 11.9 Å². The Labute approximate surface area is 127 Å². The molecule has 5 heteroatoms. The summed E-state index contributed by atoms with van der Waals surface area (Å²) in [6, 6.07) is 7.82. The van der Waals surface area contributed by atoms with Crippen LogP contribution >= 0.6 is 11.3 Å². The predicted molar refractivity (Wildman–Crippen MR) is 85.8 cm³/mol. The lowest BCUT2D eigenvalue weighted by atomic mass is 10.2. The van der Waals surface area contributed by atoms with Crippen LogP contribution in [0.2, 0.25) is 0 Å². The van der Waals surface area contributed by atoms with Crippen molar-refractivity contribution in [3.63, 3.8) is 0 Å². The van der Waals surface area contributed by atoms with E-state index in [2.05, 4.69) is 15.3 Å². The number of nitrogens with zero attached hydrogens (tertiary/aromatic N) is 1. The summed E-state index contributed by atoms with van der Waals surface area (Å²) in [5, 5.41) is 6.95. The molecule has 2 heterocycles. The Balaban J connectivity index is 1.82.